The van der Waals surface area contributed by atoms with Crippen LogP contribution in [0.15, 0.2) is 53.4 Å². The van der Waals surface area contributed by atoms with Gasteiger partial charge in [-0.15, -0.1) is 0 Å². The number of thioether (sulfide) groups is 1. The van der Waals surface area contributed by atoms with Crippen molar-refractivity contribution in [2.75, 3.05) is 6.79 Å². The van der Waals surface area contributed by atoms with Crippen LogP contribution in [-0.4, -0.2) is 33.0 Å². The first kappa shape index (κ1) is 17.6. The number of amides is 1. The number of ether oxygens (including phenoxy) is 2. The van der Waals surface area contributed by atoms with Crippen LogP contribution in [0.2, 0.25) is 0 Å². The van der Waals surface area contributed by atoms with Crippen LogP contribution in [0.5, 0.6) is 11.5 Å². The van der Waals surface area contributed by atoms with Crippen LogP contribution in [0.25, 0.3) is 6.08 Å². The zero-order chi connectivity index (χ0) is 19.0. The fourth-order valence-electron chi connectivity index (χ4n) is 2.89. The number of benzene rings is 2. The van der Waals surface area contributed by atoms with E-state index in [0.29, 0.717) is 22.0 Å². The highest BCUT2D eigenvalue weighted by molar-refractivity contribution is 8.26. The highest BCUT2D eigenvalue weighted by atomic mass is 32.2. The van der Waals surface area contributed by atoms with Crippen LogP contribution in [0.1, 0.15) is 17.2 Å². The Bertz CT molecular complexity index is 973. The lowest BCUT2D eigenvalue weighted by Crippen LogP contribution is -2.37. The number of carbonyl (C=O) groups excluding carboxylic acids is 1. The van der Waals surface area contributed by atoms with Crippen LogP contribution in [0.4, 0.5) is 0 Å². The summed E-state index contributed by atoms with van der Waals surface area (Å²) < 4.78 is 10.8. The van der Waals surface area contributed by atoms with Crippen molar-refractivity contribution in [1.82, 2.24) is 4.90 Å². The monoisotopic (exact) mass is 399 g/mol. The van der Waals surface area contributed by atoms with Gasteiger partial charge in [0.05, 0.1) is 4.91 Å². The van der Waals surface area contributed by atoms with Crippen LogP contribution in [0, 0.1) is 0 Å². The fourth-order valence-corrected chi connectivity index (χ4v) is 4.21. The van der Waals surface area contributed by atoms with E-state index in [-0.39, 0.29) is 11.1 Å². The highest BCUT2D eigenvalue weighted by Gasteiger charge is 2.41. The second-order valence-electron chi connectivity index (χ2n) is 5.82. The molecule has 1 amide bonds. The molecule has 1 unspecified atom stereocenters. The Balaban J connectivity index is 1.66. The molecule has 0 aromatic heterocycles. The lowest BCUT2D eigenvalue weighted by molar-refractivity contribution is -0.145. The molecule has 2 heterocycles. The zero-order valence-corrected chi connectivity index (χ0v) is 15.5. The molecule has 1 atom stereocenters. The molecular formula is C19H13NO5S2. The number of rotatable bonds is 4. The van der Waals surface area contributed by atoms with Gasteiger partial charge in [-0.3, -0.25) is 9.69 Å². The van der Waals surface area contributed by atoms with Crippen molar-refractivity contribution in [2.24, 2.45) is 0 Å². The minimum Gasteiger partial charge on any atom is -0.479 e. The Labute approximate surface area is 164 Å². The molecular weight excluding hydrogens is 386 g/mol. The standard InChI is InChI=1S/C19H13NO5S2/c21-17-15(9-11-6-7-13-14(8-11)25-10-24-13)27-19(26)20(17)16(18(22)23)12-4-2-1-3-5-12/h1-9,16H,10H2,(H,22,23). The molecule has 2 aliphatic rings. The molecule has 0 spiro atoms. The lowest BCUT2D eigenvalue weighted by Gasteiger charge is -2.23. The third kappa shape index (κ3) is 3.29. The summed E-state index contributed by atoms with van der Waals surface area (Å²) in [5, 5.41) is 9.69. The van der Waals surface area contributed by atoms with Crippen LogP contribution in [-0.2, 0) is 9.59 Å². The van der Waals surface area contributed by atoms with E-state index >= 15 is 0 Å². The average Bonchev–Trinajstić information content (AvgIpc) is 3.22. The third-order valence-electron chi connectivity index (χ3n) is 4.13. The van der Waals surface area contributed by atoms with E-state index in [1.165, 1.54) is 0 Å². The van der Waals surface area contributed by atoms with Gasteiger partial charge in [-0.2, -0.15) is 0 Å². The van der Waals surface area contributed by atoms with Crippen molar-refractivity contribution in [2.45, 2.75) is 6.04 Å². The Morgan fingerprint density at radius 2 is 1.93 bits per heavy atom. The summed E-state index contributed by atoms with van der Waals surface area (Å²) in [6.45, 7) is 0.165. The molecule has 0 radical (unpaired) electrons. The molecule has 1 fully saturated rings. The molecule has 1 saturated heterocycles. The van der Waals surface area contributed by atoms with E-state index in [4.69, 9.17) is 21.7 Å². The largest absolute Gasteiger partial charge is 0.479 e. The summed E-state index contributed by atoms with van der Waals surface area (Å²) in [4.78, 5) is 26.3. The molecule has 1 N–H and O–H groups in total. The number of aliphatic carboxylic acids is 1. The van der Waals surface area contributed by atoms with Crippen molar-refractivity contribution < 1.29 is 24.2 Å². The molecule has 4 rings (SSSR count). The summed E-state index contributed by atoms with van der Waals surface area (Å²) >= 11 is 6.39. The summed E-state index contributed by atoms with van der Waals surface area (Å²) in [6.07, 6.45) is 1.67. The summed E-state index contributed by atoms with van der Waals surface area (Å²) in [6, 6.07) is 12.7. The molecule has 0 bridgehead atoms. The maximum Gasteiger partial charge on any atom is 0.331 e. The summed E-state index contributed by atoms with van der Waals surface area (Å²) in [7, 11) is 0. The van der Waals surface area contributed by atoms with Gasteiger partial charge in [0.1, 0.15) is 4.32 Å². The fraction of sp³-hybridized carbons (Fsp3) is 0.105. The van der Waals surface area contributed by atoms with E-state index in [2.05, 4.69) is 0 Å². The van der Waals surface area contributed by atoms with Gasteiger partial charge in [-0.05, 0) is 29.3 Å². The average molecular weight is 399 g/mol. The lowest BCUT2D eigenvalue weighted by atomic mass is 10.1. The minimum absolute atomic E-state index is 0.165. The molecule has 0 saturated carbocycles. The molecule has 0 aliphatic carbocycles. The van der Waals surface area contributed by atoms with Gasteiger partial charge < -0.3 is 14.6 Å². The second-order valence-corrected chi connectivity index (χ2v) is 7.49. The minimum atomic E-state index is -1.17. The third-order valence-corrected chi connectivity index (χ3v) is 5.46. The zero-order valence-electron chi connectivity index (χ0n) is 13.8. The molecule has 2 aromatic carbocycles. The number of fused-ring (bicyclic) bond motifs is 1. The number of hydrogen-bond acceptors (Lipinski definition) is 6. The van der Waals surface area contributed by atoms with E-state index in [1.54, 1.807) is 54.6 Å². The Morgan fingerprint density at radius 1 is 1.19 bits per heavy atom. The van der Waals surface area contributed by atoms with Gasteiger partial charge >= 0.3 is 5.97 Å². The number of carboxylic acid groups (broad SMARTS) is 1. The quantitative estimate of drug-likeness (QED) is 0.623. The predicted molar refractivity (Wildman–Crippen MR) is 104 cm³/mol. The highest BCUT2D eigenvalue weighted by Crippen LogP contribution is 2.39. The number of nitrogens with zero attached hydrogens (tertiary/aromatic N) is 1. The Kier molecular flexibility index (Phi) is 4.59. The SMILES string of the molecule is O=C(O)C(c1ccccc1)N1C(=O)C(=Cc2ccc3c(c2)OCO3)SC1=S. The summed E-state index contributed by atoms with van der Waals surface area (Å²) in [5.41, 5.74) is 1.23. The maximum absolute atomic E-state index is 12.9. The normalized spacial score (nSPS) is 18.2. The molecule has 8 heteroatoms. The number of hydrogen-bond donors (Lipinski definition) is 1. The first-order chi connectivity index (χ1) is 13.0. The molecule has 136 valence electrons. The Hall–Kier alpha value is -2.84. The van der Waals surface area contributed by atoms with Crippen molar-refractivity contribution in [1.29, 1.82) is 0 Å². The number of thiocarbonyl (C=S) groups is 1. The van der Waals surface area contributed by atoms with Gasteiger partial charge in [0, 0.05) is 0 Å². The Morgan fingerprint density at radius 3 is 2.67 bits per heavy atom. The molecule has 27 heavy (non-hydrogen) atoms. The predicted octanol–water partition coefficient (Wildman–Crippen LogP) is 3.44. The first-order valence-corrected chi connectivity index (χ1v) is 9.21. The smallest absolute Gasteiger partial charge is 0.331 e. The second kappa shape index (κ2) is 7.05. The van der Waals surface area contributed by atoms with Gasteiger partial charge in [0.2, 0.25) is 6.79 Å². The van der Waals surface area contributed by atoms with Gasteiger partial charge in [-0.25, -0.2) is 4.79 Å². The molecule has 6 nitrogen and oxygen atoms in total. The van der Waals surface area contributed by atoms with Crippen LogP contribution in [0.3, 0.4) is 0 Å². The van der Waals surface area contributed by atoms with E-state index in [9.17, 15) is 14.7 Å². The van der Waals surface area contributed by atoms with E-state index in [1.807, 2.05) is 0 Å². The van der Waals surface area contributed by atoms with Crippen LogP contribution >= 0.6 is 24.0 Å². The summed E-state index contributed by atoms with van der Waals surface area (Å²) in [5.74, 6) is -0.317. The maximum atomic E-state index is 12.9. The number of carbonyl (C=O) groups is 2. The van der Waals surface area contributed by atoms with Gasteiger partial charge in [0.25, 0.3) is 5.91 Å². The van der Waals surface area contributed by atoms with Gasteiger partial charge in [0.15, 0.2) is 17.5 Å². The topological polar surface area (TPSA) is 76.1 Å². The van der Waals surface area contributed by atoms with E-state index in [0.717, 1.165) is 22.2 Å². The first-order valence-electron chi connectivity index (χ1n) is 7.99. The molecule has 2 aliphatic heterocycles. The van der Waals surface area contributed by atoms with Crippen molar-refractivity contribution >= 4 is 46.3 Å². The van der Waals surface area contributed by atoms with Crippen molar-refractivity contribution in [3.63, 3.8) is 0 Å². The van der Waals surface area contributed by atoms with Crippen molar-refractivity contribution in [3.8, 4) is 11.5 Å². The number of carboxylic acids is 1. The van der Waals surface area contributed by atoms with Crippen LogP contribution < -0.4 is 9.47 Å². The van der Waals surface area contributed by atoms with Crippen molar-refractivity contribution in [3.05, 3.63) is 64.6 Å². The van der Waals surface area contributed by atoms with E-state index < -0.39 is 17.9 Å². The molecule has 2 aromatic rings. The van der Waals surface area contributed by atoms with Gasteiger partial charge in [-0.1, -0.05) is 60.4 Å².